The summed E-state index contributed by atoms with van der Waals surface area (Å²) in [6, 6.07) is 5.41. The number of aromatic nitrogens is 2. The molecule has 7 rings (SSSR count). The molecule has 228 valence electrons. The van der Waals surface area contributed by atoms with Gasteiger partial charge < -0.3 is 20.1 Å². The number of likely N-dealkylation sites (tertiary alicyclic amines) is 1. The van der Waals surface area contributed by atoms with Gasteiger partial charge in [0.05, 0.1) is 12.1 Å². The number of alkyl halides is 2. The fraction of sp³-hybridized carbons (Fsp3) is 0.394. The molecule has 0 saturated carbocycles. The number of hydrogen-bond acceptors (Lipinski definition) is 7. The molecule has 3 saturated heterocycles. The van der Waals surface area contributed by atoms with Crippen molar-refractivity contribution >= 4 is 27.4 Å². The average molecular weight is 606 g/mol. The molecule has 11 heteroatoms. The molecule has 0 amide bonds. The third kappa shape index (κ3) is 4.77. The number of phenolic OH excluding ortho intramolecular Hbond substituents is 1. The summed E-state index contributed by atoms with van der Waals surface area (Å²) in [5.74, 6) is -1.33. The summed E-state index contributed by atoms with van der Waals surface area (Å²) >= 11 is 0. The summed E-state index contributed by atoms with van der Waals surface area (Å²) in [4.78, 5) is 13.0. The third-order valence-electron chi connectivity index (χ3n) is 9.18. The van der Waals surface area contributed by atoms with Gasteiger partial charge in [0.2, 0.25) is 5.88 Å². The van der Waals surface area contributed by atoms with Crippen LogP contribution in [0.2, 0.25) is 0 Å². The minimum atomic E-state index is -2.81. The first kappa shape index (κ1) is 28.6. The van der Waals surface area contributed by atoms with Gasteiger partial charge in [0.25, 0.3) is 5.92 Å². The van der Waals surface area contributed by atoms with Crippen LogP contribution < -0.4 is 15.0 Å². The van der Waals surface area contributed by atoms with Crippen LogP contribution in [0.25, 0.3) is 32.8 Å². The molecule has 2 aromatic heterocycles. The number of pyridine rings is 2. The number of aryl methyl sites for hydroxylation is 1. The summed E-state index contributed by atoms with van der Waals surface area (Å²) in [5, 5.41) is 15.4. The molecule has 0 aliphatic carbocycles. The predicted molar refractivity (Wildman–Crippen MR) is 160 cm³/mol. The second-order valence-corrected chi connectivity index (χ2v) is 12.2. The quantitative estimate of drug-likeness (QED) is 0.234. The standard InChI is InChI=1S/C33H31F4N5O2/c1-4-23-26(34)8-5-18-9-22(43)10-24(28(18)23)30-29(35)27-17(2)32(44-15-21-11-33(36,37)16-41(21)3)40-31(25(27)12-38-30)42-13-19-6-7-20(14-42)39-19/h1,5,8-10,12,19-21,39,43H,6-7,11,13-16H2,2-3H3. The van der Waals surface area contributed by atoms with Gasteiger partial charge in [0, 0.05) is 71.1 Å². The zero-order chi connectivity index (χ0) is 30.9. The molecule has 0 spiro atoms. The van der Waals surface area contributed by atoms with E-state index >= 15 is 4.39 Å². The Kier molecular flexibility index (Phi) is 6.83. The van der Waals surface area contributed by atoms with Crippen LogP contribution >= 0.6 is 0 Å². The van der Waals surface area contributed by atoms with E-state index in [1.807, 2.05) is 0 Å². The molecule has 2 bridgehead atoms. The monoisotopic (exact) mass is 605 g/mol. The third-order valence-corrected chi connectivity index (χ3v) is 9.18. The number of fused-ring (bicyclic) bond motifs is 4. The van der Waals surface area contributed by atoms with Crippen molar-refractivity contribution in [2.45, 2.75) is 50.2 Å². The van der Waals surface area contributed by atoms with E-state index in [0.717, 1.165) is 12.8 Å². The maximum absolute atomic E-state index is 16.9. The molecule has 3 fully saturated rings. The maximum atomic E-state index is 16.9. The first-order valence-electron chi connectivity index (χ1n) is 14.7. The number of benzene rings is 2. The Bertz CT molecular complexity index is 1850. The Labute approximate surface area is 251 Å². The molecule has 44 heavy (non-hydrogen) atoms. The van der Waals surface area contributed by atoms with Crippen LogP contribution in [0.4, 0.5) is 23.4 Å². The fourth-order valence-corrected chi connectivity index (χ4v) is 7.08. The van der Waals surface area contributed by atoms with Gasteiger partial charge >= 0.3 is 0 Å². The Morgan fingerprint density at radius 1 is 1.16 bits per heavy atom. The summed E-state index contributed by atoms with van der Waals surface area (Å²) in [6.07, 6.45) is 8.90. The van der Waals surface area contributed by atoms with Crippen molar-refractivity contribution in [2.75, 3.05) is 38.2 Å². The SMILES string of the molecule is C#Cc1c(F)ccc2cc(O)cc(-c3ncc4c(N5CC6CCC(C5)N6)nc(OCC5CC(F)(F)CN5C)c(C)c4c3F)c12. The molecule has 2 N–H and O–H groups in total. The number of halogens is 4. The number of ether oxygens (including phenoxy) is 1. The number of piperazine rings is 1. The first-order chi connectivity index (χ1) is 21.0. The van der Waals surface area contributed by atoms with Gasteiger partial charge in [-0.1, -0.05) is 12.0 Å². The van der Waals surface area contributed by atoms with Gasteiger partial charge in [-0.15, -0.1) is 6.42 Å². The van der Waals surface area contributed by atoms with E-state index in [0.29, 0.717) is 35.2 Å². The molecule has 3 atom stereocenters. The molecule has 5 heterocycles. The zero-order valence-corrected chi connectivity index (χ0v) is 24.3. The van der Waals surface area contributed by atoms with Crippen LogP contribution in [0.5, 0.6) is 11.6 Å². The summed E-state index contributed by atoms with van der Waals surface area (Å²) < 4.78 is 66.0. The van der Waals surface area contributed by atoms with Crippen LogP contribution in [0.15, 0.2) is 30.5 Å². The Morgan fingerprint density at radius 2 is 1.91 bits per heavy atom. The van der Waals surface area contributed by atoms with E-state index in [1.54, 1.807) is 18.9 Å². The summed E-state index contributed by atoms with van der Waals surface area (Å²) in [6.45, 7) is 2.58. The number of nitrogens with zero attached hydrogens (tertiary/aromatic N) is 4. The molecule has 7 nitrogen and oxygen atoms in total. The van der Waals surface area contributed by atoms with Gasteiger partial charge in [-0.05, 0) is 50.4 Å². The first-order valence-corrected chi connectivity index (χ1v) is 14.7. The van der Waals surface area contributed by atoms with E-state index in [-0.39, 0.29) is 70.9 Å². The minimum absolute atomic E-state index is 0.0424. The van der Waals surface area contributed by atoms with Gasteiger partial charge in [-0.3, -0.25) is 9.88 Å². The van der Waals surface area contributed by atoms with Crippen molar-refractivity contribution in [3.63, 3.8) is 0 Å². The zero-order valence-electron chi connectivity index (χ0n) is 24.3. The smallest absolute Gasteiger partial charge is 0.262 e. The highest BCUT2D eigenvalue weighted by Crippen LogP contribution is 2.42. The van der Waals surface area contributed by atoms with E-state index in [2.05, 4.69) is 21.1 Å². The predicted octanol–water partition coefficient (Wildman–Crippen LogP) is 5.38. The number of hydrogen-bond donors (Lipinski definition) is 2. The lowest BCUT2D eigenvalue weighted by Crippen LogP contribution is -2.51. The topological polar surface area (TPSA) is 73.8 Å². The number of aromatic hydroxyl groups is 1. The molecular formula is C33H31F4N5O2. The number of rotatable bonds is 5. The lowest BCUT2D eigenvalue weighted by atomic mass is 9.95. The van der Waals surface area contributed by atoms with Gasteiger partial charge in [0.1, 0.15) is 29.7 Å². The van der Waals surface area contributed by atoms with E-state index < -0.39 is 23.6 Å². The maximum Gasteiger partial charge on any atom is 0.262 e. The number of phenols is 1. The van der Waals surface area contributed by atoms with Gasteiger partial charge in [0.15, 0.2) is 5.82 Å². The van der Waals surface area contributed by atoms with Gasteiger partial charge in [-0.2, -0.15) is 4.98 Å². The second-order valence-electron chi connectivity index (χ2n) is 12.2. The second kappa shape index (κ2) is 10.5. The number of terminal acetylenes is 1. The highest BCUT2D eigenvalue weighted by molar-refractivity contribution is 6.04. The Hall–Kier alpha value is -4.14. The molecule has 2 aromatic carbocycles. The summed E-state index contributed by atoms with van der Waals surface area (Å²) in [7, 11) is 1.63. The molecule has 4 aromatic rings. The average Bonchev–Trinajstić information content (AvgIpc) is 3.46. The van der Waals surface area contributed by atoms with E-state index in [1.165, 1.54) is 30.5 Å². The Balaban J connectivity index is 1.40. The lowest BCUT2D eigenvalue weighted by molar-refractivity contribution is 0.0137. The van der Waals surface area contributed by atoms with Crippen LogP contribution in [0.3, 0.4) is 0 Å². The molecule has 3 aliphatic rings. The lowest BCUT2D eigenvalue weighted by Gasteiger charge is -2.34. The molecular weight excluding hydrogens is 574 g/mol. The van der Waals surface area contributed by atoms with Gasteiger partial charge in [-0.25, -0.2) is 17.6 Å². The minimum Gasteiger partial charge on any atom is -0.508 e. The highest BCUT2D eigenvalue weighted by atomic mass is 19.3. The summed E-state index contributed by atoms with van der Waals surface area (Å²) in [5.41, 5.74) is 0.330. The largest absolute Gasteiger partial charge is 0.508 e. The van der Waals surface area contributed by atoms with Crippen molar-refractivity contribution in [3.05, 3.63) is 53.2 Å². The normalized spacial score (nSPS) is 23.0. The number of likely N-dealkylation sites (N-methyl/N-ethyl adjacent to an activating group) is 1. The van der Waals surface area contributed by atoms with Crippen molar-refractivity contribution in [3.8, 4) is 35.2 Å². The van der Waals surface area contributed by atoms with Crippen LogP contribution in [0.1, 0.15) is 30.4 Å². The van der Waals surface area contributed by atoms with Crippen molar-refractivity contribution in [1.29, 1.82) is 0 Å². The molecule has 3 aliphatic heterocycles. The highest BCUT2D eigenvalue weighted by Gasteiger charge is 2.43. The van der Waals surface area contributed by atoms with Crippen LogP contribution in [0, 0.1) is 30.9 Å². The fourth-order valence-electron chi connectivity index (χ4n) is 7.08. The molecule has 3 unspecified atom stereocenters. The number of nitrogens with one attached hydrogen (secondary N) is 1. The molecule has 0 radical (unpaired) electrons. The van der Waals surface area contributed by atoms with Crippen LogP contribution in [-0.4, -0.2) is 77.3 Å². The van der Waals surface area contributed by atoms with Crippen molar-refractivity contribution < 1.29 is 27.4 Å². The van der Waals surface area contributed by atoms with Crippen LogP contribution in [-0.2, 0) is 0 Å². The van der Waals surface area contributed by atoms with E-state index in [9.17, 15) is 18.3 Å². The van der Waals surface area contributed by atoms with Crippen molar-refractivity contribution in [2.24, 2.45) is 0 Å². The number of anilines is 1. The Morgan fingerprint density at radius 3 is 2.59 bits per heavy atom. The van der Waals surface area contributed by atoms with Crippen molar-refractivity contribution in [1.82, 2.24) is 20.2 Å². The van der Waals surface area contributed by atoms with E-state index in [4.69, 9.17) is 16.1 Å².